The molecule has 4 fully saturated rings. The largest absolute Gasteiger partial charge is 0.462 e. The predicted molar refractivity (Wildman–Crippen MR) is 202 cm³/mol. The molecule has 0 aromatic carbocycles. The molecule has 5 aliphatic rings. The molecule has 0 bridgehead atoms. The molecular formula is C45H76O3. The minimum atomic E-state index is 0.0443. The first-order valence-corrected chi connectivity index (χ1v) is 21.3. The molecule has 3 saturated carbocycles. The van der Waals surface area contributed by atoms with Crippen LogP contribution in [0.3, 0.4) is 0 Å². The van der Waals surface area contributed by atoms with Crippen LogP contribution in [0.5, 0.6) is 0 Å². The van der Waals surface area contributed by atoms with Gasteiger partial charge in [0.25, 0.3) is 0 Å². The van der Waals surface area contributed by atoms with Gasteiger partial charge < -0.3 is 9.47 Å². The summed E-state index contributed by atoms with van der Waals surface area (Å²) in [7, 11) is 0. The maximum absolute atomic E-state index is 12.8. The highest BCUT2D eigenvalue weighted by Crippen LogP contribution is 2.67. The minimum absolute atomic E-state index is 0.0443. The molecule has 0 radical (unpaired) electrons. The highest BCUT2D eigenvalue weighted by Gasteiger charge is 2.59. The average molecular weight is 665 g/mol. The Bertz CT molecular complexity index is 1060. The van der Waals surface area contributed by atoms with Crippen LogP contribution in [-0.4, -0.2) is 24.3 Å². The van der Waals surface area contributed by atoms with Crippen LogP contribution in [0, 0.1) is 46.3 Å². The SMILES string of the molecule is CCCCC/C=C\CC1OC1CCCCCCCC(=O)O[C@H]1CC[C@@]2(C)C(=CC[C@H]3[C@@H]4CC[C@H]([C@H](C)CCCC(C)C)[C@@]4(C)CC[C@@H]32)C1. The third-order valence-corrected chi connectivity index (χ3v) is 14.6. The van der Waals surface area contributed by atoms with Crippen LogP contribution in [0.15, 0.2) is 23.8 Å². The number of rotatable bonds is 20. The lowest BCUT2D eigenvalue weighted by atomic mass is 9.47. The number of unbranched alkanes of at least 4 members (excludes halogenated alkanes) is 7. The van der Waals surface area contributed by atoms with Crippen LogP contribution in [0.4, 0.5) is 0 Å². The second-order valence-electron chi connectivity index (χ2n) is 18.4. The summed E-state index contributed by atoms with van der Waals surface area (Å²) in [6.45, 7) is 14.9. The van der Waals surface area contributed by atoms with Gasteiger partial charge in [0.2, 0.25) is 0 Å². The molecule has 2 unspecified atom stereocenters. The maximum atomic E-state index is 12.8. The van der Waals surface area contributed by atoms with Gasteiger partial charge in [0.15, 0.2) is 0 Å². The highest BCUT2D eigenvalue weighted by atomic mass is 16.6. The van der Waals surface area contributed by atoms with Crippen molar-refractivity contribution in [2.45, 2.75) is 208 Å². The molecule has 48 heavy (non-hydrogen) atoms. The van der Waals surface area contributed by atoms with Gasteiger partial charge in [-0.1, -0.05) is 123 Å². The summed E-state index contributed by atoms with van der Waals surface area (Å²) in [4.78, 5) is 12.8. The van der Waals surface area contributed by atoms with Gasteiger partial charge in [-0.2, -0.15) is 0 Å². The normalized spacial score (nSPS) is 36.4. The Kier molecular flexibility index (Phi) is 14.2. The van der Waals surface area contributed by atoms with E-state index in [1.807, 2.05) is 0 Å². The number of ether oxygens (including phenoxy) is 2. The Morgan fingerprint density at radius 1 is 0.896 bits per heavy atom. The number of carbonyl (C=O) groups excluding carboxylic acids is 1. The fourth-order valence-corrected chi connectivity index (χ4v) is 11.6. The van der Waals surface area contributed by atoms with Crippen molar-refractivity contribution in [2.75, 3.05) is 0 Å². The third-order valence-electron chi connectivity index (χ3n) is 14.6. The first-order chi connectivity index (χ1) is 23.2. The van der Waals surface area contributed by atoms with Gasteiger partial charge in [0, 0.05) is 12.8 Å². The average Bonchev–Trinajstić information content (AvgIpc) is 3.70. The van der Waals surface area contributed by atoms with Crippen molar-refractivity contribution in [3.8, 4) is 0 Å². The quantitative estimate of drug-likeness (QED) is 0.0563. The summed E-state index contributed by atoms with van der Waals surface area (Å²) in [6, 6.07) is 0. The van der Waals surface area contributed by atoms with Crippen molar-refractivity contribution in [3.63, 3.8) is 0 Å². The van der Waals surface area contributed by atoms with Gasteiger partial charge in [-0.25, -0.2) is 0 Å². The van der Waals surface area contributed by atoms with E-state index in [0.717, 1.165) is 67.6 Å². The molecule has 1 heterocycles. The topological polar surface area (TPSA) is 38.8 Å². The molecule has 5 rings (SSSR count). The van der Waals surface area contributed by atoms with Crippen molar-refractivity contribution in [3.05, 3.63) is 23.8 Å². The first kappa shape index (κ1) is 38.1. The Hall–Kier alpha value is -1.09. The van der Waals surface area contributed by atoms with Crippen LogP contribution >= 0.6 is 0 Å². The van der Waals surface area contributed by atoms with Gasteiger partial charge in [-0.05, 0) is 123 Å². The number of hydrogen-bond acceptors (Lipinski definition) is 3. The fraction of sp³-hybridized carbons (Fsp3) is 0.889. The van der Waals surface area contributed by atoms with Crippen molar-refractivity contribution < 1.29 is 14.3 Å². The monoisotopic (exact) mass is 665 g/mol. The highest BCUT2D eigenvalue weighted by molar-refractivity contribution is 5.69. The van der Waals surface area contributed by atoms with E-state index in [-0.39, 0.29) is 12.1 Å². The molecule has 0 aromatic heterocycles. The zero-order valence-corrected chi connectivity index (χ0v) is 32.4. The third kappa shape index (κ3) is 9.61. The van der Waals surface area contributed by atoms with Gasteiger partial charge in [-0.3, -0.25) is 4.79 Å². The Morgan fingerprint density at radius 2 is 1.71 bits per heavy atom. The zero-order valence-electron chi connectivity index (χ0n) is 32.4. The van der Waals surface area contributed by atoms with Crippen molar-refractivity contribution in [1.82, 2.24) is 0 Å². The van der Waals surface area contributed by atoms with E-state index in [1.165, 1.54) is 109 Å². The lowest BCUT2D eigenvalue weighted by molar-refractivity contribution is -0.151. The van der Waals surface area contributed by atoms with E-state index in [2.05, 4.69) is 59.8 Å². The predicted octanol–water partition coefficient (Wildman–Crippen LogP) is 13.0. The zero-order chi connectivity index (χ0) is 34.1. The smallest absolute Gasteiger partial charge is 0.306 e. The van der Waals surface area contributed by atoms with Crippen LogP contribution in [0.25, 0.3) is 0 Å². The Morgan fingerprint density at radius 3 is 2.52 bits per heavy atom. The summed E-state index contributed by atoms with van der Waals surface area (Å²) in [5, 5.41) is 0. The molecular weight excluding hydrogens is 588 g/mol. The molecule has 0 N–H and O–H groups in total. The molecule has 0 amide bonds. The maximum Gasteiger partial charge on any atom is 0.306 e. The summed E-state index contributed by atoms with van der Waals surface area (Å²) in [5.74, 6) is 5.28. The van der Waals surface area contributed by atoms with E-state index in [9.17, 15) is 4.79 Å². The lowest BCUT2D eigenvalue weighted by Gasteiger charge is -2.58. The molecule has 0 aromatic rings. The van der Waals surface area contributed by atoms with Gasteiger partial charge >= 0.3 is 5.97 Å². The van der Waals surface area contributed by atoms with Crippen LogP contribution in [0.1, 0.15) is 189 Å². The number of esters is 1. The molecule has 1 aliphatic heterocycles. The number of hydrogen-bond donors (Lipinski definition) is 0. The summed E-state index contributed by atoms with van der Waals surface area (Å²) in [5.41, 5.74) is 2.51. The fourth-order valence-electron chi connectivity index (χ4n) is 11.6. The number of epoxide rings is 1. The van der Waals surface area contributed by atoms with E-state index in [1.54, 1.807) is 5.57 Å². The van der Waals surface area contributed by atoms with Crippen molar-refractivity contribution >= 4 is 5.97 Å². The standard InChI is InChI=1S/C45H76O3/c1-7-8-9-10-12-15-21-41-42(48-41)22-16-13-11-14-17-23-43(46)47-36-28-30-44(5)35(32-36)24-25-37-39-27-26-38(34(4)20-18-19-33(2)3)45(39,6)31-29-40(37)44/h12,15,24,33-34,36-42H,7-11,13-14,16-23,25-32H2,1-6H3/b15-12-/t34-,36+,37+,38-,39+,40+,41?,42?,44+,45-/m1/s1. The summed E-state index contributed by atoms with van der Waals surface area (Å²) < 4.78 is 12.0. The van der Waals surface area contributed by atoms with E-state index in [0.29, 0.717) is 29.5 Å². The van der Waals surface area contributed by atoms with E-state index in [4.69, 9.17) is 9.47 Å². The Labute approximate surface area is 297 Å². The van der Waals surface area contributed by atoms with Crippen molar-refractivity contribution in [2.24, 2.45) is 46.3 Å². The first-order valence-electron chi connectivity index (χ1n) is 21.3. The molecule has 10 atom stereocenters. The number of carbonyl (C=O) groups is 1. The van der Waals surface area contributed by atoms with Crippen LogP contribution in [-0.2, 0) is 14.3 Å². The second-order valence-corrected chi connectivity index (χ2v) is 18.4. The molecule has 1 saturated heterocycles. The second kappa shape index (κ2) is 17.9. The minimum Gasteiger partial charge on any atom is -0.462 e. The van der Waals surface area contributed by atoms with E-state index >= 15 is 0 Å². The number of fused-ring (bicyclic) bond motifs is 5. The molecule has 3 nitrogen and oxygen atoms in total. The van der Waals surface area contributed by atoms with Gasteiger partial charge in [0.1, 0.15) is 6.10 Å². The molecule has 0 spiro atoms. The van der Waals surface area contributed by atoms with Gasteiger partial charge in [0.05, 0.1) is 12.2 Å². The molecule has 4 aliphatic carbocycles. The summed E-state index contributed by atoms with van der Waals surface area (Å²) >= 11 is 0. The summed E-state index contributed by atoms with van der Waals surface area (Å²) in [6.07, 6.45) is 36.8. The molecule has 274 valence electrons. The van der Waals surface area contributed by atoms with Crippen molar-refractivity contribution in [1.29, 1.82) is 0 Å². The van der Waals surface area contributed by atoms with Crippen LogP contribution < -0.4 is 0 Å². The Balaban J connectivity index is 0.968. The van der Waals surface area contributed by atoms with Gasteiger partial charge in [-0.15, -0.1) is 0 Å². The molecule has 3 heteroatoms. The van der Waals surface area contributed by atoms with Crippen LogP contribution in [0.2, 0.25) is 0 Å². The number of allylic oxidation sites excluding steroid dienone is 2. The van der Waals surface area contributed by atoms with E-state index < -0.39 is 0 Å². The lowest BCUT2D eigenvalue weighted by Crippen LogP contribution is -2.51.